The maximum Gasteiger partial charge on any atom is 0.335 e. The van der Waals surface area contributed by atoms with Crippen molar-refractivity contribution in [2.45, 2.75) is 6.42 Å². The van der Waals surface area contributed by atoms with Gasteiger partial charge in [-0.05, 0) is 17.7 Å². The van der Waals surface area contributed by atoms with Gasteiger partial charge < -0.3 is 5.11 Å². The topological polar surface area (TPSA) is 54.4 Å². The van der Waals surface area contributed by atoms with Crippen molar-refractivity contribution in [1.82, 2.24) is 0 Å². The standard InChI is InChI=1S/C10H8BrClO3/c11-9-4-7(10(14)15)2-1-6(9)3-8(13)5-12/h1-2,4H,3,5H2,(H,14,15). The molecule has 0 amide bonds. The first kappa shape index (κ1) is 12.2. The average Bonchev–Trinajstić information content (AvgIpc) is 2.20. The molecule has 0 aromatic heterocycles. The Labute approximate surface area is 100 Å². The number of hydrogen-bond donors (Lipinski definition) is 1. The van der Waals surface area contributed by atoms with Crippen LogP contribution in [0, 0.1) is 0 Å². The minimum absolute atomic E-state index is 0.0346. The Morgan fingerprint density at radius 3 is 2.53 bits per heavy atom. The van der Waals surface area contributed by atoms with E-state index in [2.05, 4.69) is 15.9 Å². The molecule has 0 fully saturated rings. The molecule has 1 aromatic rings. The number of halogens is 2. The normalized spacial score (nSPS) is 10.0. The first-order chi connectivity index (χ1) is 7.04. The van der Waals surface area contributed by atoms with Gasteiger partial charge in [0.25, 0.3) is 0 Å². The lowest BCUT2D eigenvalue weighted by atomic mass is 10.1. The van der Waals surface area contributed by atoms with Gasteiger partial charge in [-0.25, -0.2) is 4.79 Å². The summed E-state index contributed by atoms with van der Waals surface area (Å²) in [7, 11) is 0. The number of aromatic carboxylic acids is 1. The van der Waals surface area contributed by atoms with Crippen LogP contribution in [0.2, 0.25) is 0 Å². The summed E-state index contributed by atoms with van der Waals surface area (Å²) in [5.74, 6) is -1.13. The summed E-state index contributed by atoms with van der Waals surface area (Å²) < 4.78 is 0.612. The molecule has 1 rings (SSSR count). The summed E-state index contributed by atoms with van der Waals surface area (Å²) in [6, 6.07) is 4.54. The fourth-order valence-electron chi connectivity index (χ4n) is 1.08. The number of rotatable bonds is 4. The van der Waals surface area contributed by atoms with E-state index < -0.39 is 5.97 Å². The Morgan fingerprint density at radius 1 is 1.40 bits per heavy atom. The second kappa shape index (κ2) is 5.28. The van der Waals surface area contributed by atoms with Crippen LogP contribution in [0.15, 0.2) is 22.7 Å². The van der Waals surface area contributed by atoms with Crippen LogP contribution in [-0.4, -0.2) is 22.7 Å². The van der Waals surface area contributed by atoms with Crippen molar-refractivity contribution in [3.8, 4) is 0 Å². The van der Waals surface area contributed by atoms with Gasteiger partial charge in [-0.1, -0.05) is 22.0 Å². The number of carboxylic acids is 1. The van der Waals surface area contributed by atoms with E-state index in [4.69, 9.17) is 16.7 Å². The van der Waals surface area contributed by atoms with E-state index in [-0.39, 0.29) is 23.6 Å². The second-order valence-electron chi connectivity index (χ2n) is 2.96. The fraction of sp³-hybridized carbons (Fsp3) is 0.200. The van der Waals surface area contributed by atoms with Gasteiger partial charge in [0.05, 0.1) is 11.4 Å². The maximum absolute atomic E-state index is 11.1. The molecule has 0 heterocycles. The summed E-state index contributed by atoms with van der Waals surface area (Å²) in [5.41, 5.74) is 0.926. The van der Waals surface area contributed by atoms with Crippen molar-refractivity contribution in [2.75, 3.05) is 5.88 Å². The lowest BCUT2D eigenvalue weighted by Gasteiger charge is -2.03. The van der Waals surface area contributed by atoms with Crippen molar-refractivity contribution >= 4 is 39.3 Å². The van der Waals surface area contributed by atoms with Gasteiger partial charge in [0.15, 0.2) is 5.78 Å². The van der Waals surface area contributed by atoms with E-state index in [1.54, 1.807) is 6.07 Å². The van der Waals surface area contributed by atoms with Crippen LogP contribution in [0.1, 0.15) is 15.9 Å². The van der Waals surface area contributed by atoms with E-state index in [0.717, 1.165) is 5.56 Å². The van der Waals surface area contributed by atoms with Crippen LogP contribution in [0.25, 0.3) is 0 Å². The molecule has 80 valence electrons. The number of benzene rings is 1. The maximum atomic E-state index is 11.1. The van der Waals surface area contributed by atoms with Gasteiger partial charge in [-0.15, -0.1) is 11.6 Å². The minimum Gasteiger partial charge on any atom is -0.478 e. The van der Waals surface area contributed by atoms with Gasteiger partial charge in [0.1, 0.15) is 0 Å². The van der Waals surface area contributed by atoms with E-state index in [9.17, 15) is 9.59 Å². The van der Waals surface area contributed by atoms with Crippen molar-refractivity contribution in [2.24, 2.45) is 0 Å². The summed E-state index contributed by atoms with van der Waals surface area (Å²) in [6.07, 6.45) is 0.212. The van der Waals surface area contributed by atoms with Crippen LogP contribution < -0.4 is 0 Å². The molecule has 0 radical (unpaired) electrons. The molecule has 0 unspecified atom stereocenters. The van der Waals surface area contributed by atoms with Gasteiger partial charge >= 0.3 is 5.97 Å². The quantitative estimate of drug-likeness (QED) is 0.867. The summed E-state index contributed by atoms with van der Waals surface area (Å²) in [6.45, 7) is 0. The van der Waals surface area contributed by atoms with Crippen LogP contribution in [-0.2, 0) is 11.2 Å². The zero-order valence-corrected chi connectivity index (χ0v) is 10.0. The molecule has 0 atom stereocenters. The van der Waals surface area contributed by atoms with E-state index >= 15 is 0 Å². The Bertz CT molecular complexity index is 404. The summed E-state index contributed by atoms with van der Waals surface area (Å²) in [4.78, 5) is 21.7. The molecule has 0 aliphatic rings. The van der Waals surface area contributed by atoms with Crippen molar-refractivity contribution in [3.63, 3.8) is 0 Å². The third-order valence-electron chi connectivity index (χ3n) is 1.84. The lowest BCUT2D eigenvalue weighted by molar-refractivity contribution is -0.116. The number of hydrogen-bond acceptors (Lipinski definition) is 2. The number of ketones is 1. The van der Waals surface area contributed by atoms with Crippen molar-refractivity contribution in [3.05, 3.63) is 33.8 Å². The highest BCUT2D eigenvalue weighted by molar-refractivity contribution is 9.10. The van der Waals surface area contributed by atoms with E-state index in [0.29, 0.717) is 4.47 Å². The number of carbonyl (C=O) groups is 2. The molecule has 1 aromatic carbocycles. The molecule has 0 aliphatic carbocycles. The number of alkyl halides is 1. The molecule has 5 heteroatoms. The number of carboxylic acid groups (broad SMARTS) is 1. The van der Waals surface area contributed by atoms with Crippen molar-refractivity contribution in [1.29, 1.82) is 0 Å². The third kappa shape index (κ3) is 3.32. The van der Waals surface area contributed by atoms with E-state index in [1.165, 1.54) is 12.1 Å². The van der Waals surface area contributed by atoms with Crippen LogP contribution >= 0.6 is 27.5 Å². The minimum atomic E-state index is -0.995. The van der Waals surface area contributed by atoms with Crippen LogP contribution in [0.5, 0.6) is 0 Å². The van der Waals surface area contributed by atoms with Gasteiger partial charge in [-0.2, -0.15) is 0 Å². The number of Topliss-reactive ketones (excluding diaryl/α,β-unsaturated/α-hetero) is 1. The Hall–Kier alpha value is -0.870. The molecule has 0 saturated carbocycles. The molecule has 0 bridgehead atoms. The molecule has 1 N–H and O–H groups in total. The first-order valence-electron chi connectivity index (χ1n) is 4.14. The zero-order chi connectivity index (χ0) is 11.4. The number of carbonyl (C=O) groups excluding carboxylic acids is 1. The molecular weight excluding hydrogens is 283 g/mol. The van der Waals surface area contributed by atoms with Crippen LogP contribution in [0.4, 0.5) is 0 Å². The molecular formula is C10H8BrClO3. The molecule has 15 heavy (non-hydrogen) atoms. The highest BCUT2D eigenvalue weighted by atomic mass is 79.9. The molecule has 0 saturated heterocycles. The molecule has 0 spiro atoms. The average molecular weight is 292 g/mol. The molecule has 0 aliphatic heterocycles. The van der Waals surface area contributed by atoms with Gasteiger partial charge in [0.2, 0.25) is 0 Å². The first-order valence-corrected chi connectivity index (χ1v) is 5.46. The third-order valence-corrected chi connectivity index (χ3v) is 2.87. The van der Waals surface area contributed by atoms with Crippen molar-refractivity contribution < 1.29 is 14.7 Å². The predicted molar refractivity (Wildman–Crippen MR) is 60.5 cm³/mol. The van der Waals surface area contributed by atoms with Gasteiger partial charge in [0, 0.05) is 10.9 Å². The van der Waals surface area contributed by atoms with Gasteiger partial charge in [-0.3, -0.25) is 4.79 Å². The Balaban J connectivity index is 2.93. The van der Waals surface area contributed by atoms with Crippen LogP contribution in [0.3, 0.4) is 0 Å². The fourth-order valence-corrected chi connectivity index (χ4v) is 1.70. The zero-order valence-electron chi connectivity index (χ0n) is 7.67. The SMILES string of the molecule is O=C(CCl)Cc1ccc(C(=O)O)cc1Br. The largest absolute Gasteiger partial charge is 0.478 e. The molecule has 3 nitrogen and oxygen atoms in total. The highest BCUT2D eigenvalue weighted by Gasteiger charge is 2.09. The lowest BCUT2D eigenvalue weighted by Crippen LogP contribution is -2.05. The smallest absolute Gasteiger partial charge is 0.335 e. The Kier molecular flexibility index (Phi) is 4.29. The monoisotopic (exact) mass is 290 g/mol. The second-order valence-corrected chi connectivity index (χ2v) is 4.08. The predicted octanol–water partition coefficient (Wildman–Crippen LogP) is 2.50. The van der Waals surface area contributed by atoms with E-state index in [1.807, 2.05) is 0 Å². The summed E-state index contributed by atoms with van der Waals surface area (Å²) >= 11 is 8.59. The Morgan fingerprint density at radius 2 is 2.07 bits per heavy atom. The summed E-state index contributed by atoms with van der Waals surface area (Å²) in [5, 5.41) is 8.72. The highest BCUT2D eigenvalue weighted by Crippen LogP contribution is 2.19.